The van der Waals surface area contributed by atoms with Crippen LogP contribution in [-0.4, -0.2) is 14.8 Å². The van der Waals surface area contributed by atoms with Crippen LogP contribution in [-0.2, 0) is 5.54 Å². The van der Waals surface area contributed by atoms with Crippen LogP contribution in [0.1, 0.15) is 55.5 Å². The van der Waals surface area contributed by atoms with Gasteiger partial charge in [0.25, 0.3) is 12.0 Å². The molecule has 1 aromatic carbocycles. The molecule has 0 aliphatic heterocycles. The van der Waals surface area contributed by atoms with E-state index in [9.17, 15) is 18.0 Å². The number of nitrogens with one attached hydrogen (secondary N) is 1. The molecule has 0 unspecified atom stereocenters. The summed E-state index contributed by atoms with van der Waals surface area (Å²) >= 11 is 0. The lowest BCUT2D eigenvalue weighted by Crippen LogP contribution is -2.61. The number of anilines is 1. The first-order chi connectivity index (χ1) is 14.3. The highest BCUT2D eigenvalue weighted by atomic mass is 19.3. The first-order valence-electron chi connectivity index (χ1n) is 10.0. The maximum absolute atomic E-state index is 14.6. The maximum Gasteiger partial charge on any atom is 0.266 e. The van der Waals surface area contributed by atoms with Gasteiger partial charge in [-0.05, 0) is 39.0 Å². The molecule has 0 radical (unpaired) electrons. The number of aryl methyl sites for hydroxylation is 1. The molecule has 3 aliphatic rings. The molecule has 2 bridgehead atoms. The van der Waals surface area contributed by atoms with Gasteiger partial charge >= 0.3 is 0 Å². The van der Waals surface area contributed by atoms with Gasteiger partial charge in [0.2, 0.25) is 0 Å². The smallest absolute Gasteiger partial charge is 0.266 e. The van der Waals surface area contributed by atoms with Gasteiger partial charge in [0, 0.05) is 34.1 Å². The zero-order valence-corrected chi connectivity index (χ0v) is 16.6. The van der Waals surface area contributed by atoms with Gasteiger partial charge in [0.1, 0.15) is 5.82 Å². The molecule has 2 aromatic heterocycles. The summed E-state index contributed by atoms with van der Waals surface area (Å²) in [7, 11) is 0. The van der Waals surface area contributed by atoms with Crippen LogP contribution in [0.2, 0.25) is 0 Å². The Labute approximate surface area is 170 Å². The van der Waals surface area contributed by atoms with Crippen LogP contribution in [0.25, 0.3) is 10.8 Å². The van der Waals surface area contributed by atoms with Crippen molar-refractivity contribution in [2.75, 3.05) is 5.32 Å². The zero-order valence-electron chi connectivity index (χ0n) is 16.6. The predicted octanol–water partition coefficient (Wildman–Crippen LogP) is 4.86. The van der Waals surface area contributed by atoms with Crippen molar-refractivity contribution >= 4 is 16.6 Å². The fraction of sp³-hybridized carbons (Fsp3) is 0.409. The summed E-state index contributed by atoms with van der Waals surface area (Å²) in [6.07, 6.45) is 1.97. The molecule has 3 saturated carbocycles. The van der Waals surface area contributed by atoms with Crippen molar-refractivity contribution in [2.45, 2.75) is 51.1 Å². The number of pyridine rings is 1. The second-order valence-corrected chi connectivity index (χ2v) is 8.56. The van der Waals surface area contributed by atoms with E-state index in [2.05, 4.69) is 15.5 Å². The van der Waals surface area contributed by atoms with Gasteiger partial charge in [-0.1, -0.05) is 18.2 Å². The Morgan fingerprint density at radius 1 is 1.17 bits per heavy atom. The van der Waals surface area contributed by atoms with Crippen molar-refractivity contribution in [1.82, 2.24) is 14.8 Å². The van der Waals surface area contributed by atoms with Gasteiger partial charge in [-0.25, -0.2) is 13.2 Å². The number of fused-ring (bicyclic) bond motifs is 1. The molecule has 3 aliphatic carbocycles. The Morgan fingerprint density at radius 2 is 1.87 bits per heavy atom. The standard InChI is InChI=1S/C22H21F3N4O/c1-11(14-4-3-5-15(19(14)23)20(24)25)26-21-17-10-29(22-7-13(8-22)9-22)18(30)6-16(17)12(2)27-28-21/h3-6,10-11,13,20H,7-9H2,1-2H3,(H,26,28)/t11-,13?,22?/m1/s1. The minimum absolute atomic E-state index is 0.0635. The van der Waals surface area contributed by atoms with E-state index in [-0.39, 0.29) is 16.7 Å². The molecule has 8 heteroatoms. The molecule has 0 spiro atoms. The second kappa shape index (κ2) is 6.55. The Bertz CT molecular complexity index is 1210. The monoisotopic (exact) mass is 414 g/mol. The molecule has 6 rings (SSSR count). The molecule has 0 amide bonds. The first-order valence-corrected chi connectivity index (χ1v) is 10.0. The number of rotatable bonds is 5. The van der Waals surface area contributed by atoms with Crippen LogP contribution in [0.3, 0.4) is 0 Å². The SMILES string of the molecule is Cc1nnc(N[C@H](C)c2cccc(C(F)F)c2F)c2cn(C34CC(C3)C4)c(=O)cc12. The van der Waals surface area contributed by atoms with E-state index in [1.165, 1.54) is 12.1 Å². The zero-order chi connectivity index (χ0) is 21.2. The fourth-order valence-electron chi connectivity index (χ4n) is 4.81. The summed E-state index contributed by atoms with van der Waals surface area (Å²) in [6.45, 7) is 3.46. The van der Waals surface area contributed by atoms with E-state index in [0.717, 1.165) is 25.3 Å². The van der Waals surface area contributed by atoms with Gasteiger partial charge in [-0.3, -0.25) is 4.79 Å². The van der Waals surface area contributed by atoms with Crippen LogP contribution in [0.5, 0.6) is 0 Å². The number of halogens is 3. The quantitative estimate of drug-likeness (QED) is 0.648. The van der Waals surface area contributed by atoms with Crippen molar-refractivity contribution in [3.63, 3.8) is 0 Å². The van der Waals surface area contributed by atoms with Crippen molar-refractivity contribution in [3.05, 3.63) is 63.5 Å². The molecule has 3 aromatic rings. The Balaban J connectivity index is 1.56. The molecule has 0 saturated heterocycles. The van der Waals surface area contributed by atoms with Crippen molar-refractivity contribution in [2.24, 2.45) is 5.92 Å². The number of hydrogen-bond acceptors (Lipinski definition) is 4. The van der Waals surface area contributed by atoms with Gasteiger partial charge < -0.3 is 9.88 Å². The summed E-state index contributed by atoms with van der Waals surface area (Å²) < 4.78 is 42.5. The summed E-state index contributed by atoms with van der Waals surface area (Å²) in [5.74, 6) is 0.181. The molecular formula is C22H21F3N4O. The molecular weight excluding hydrogens is 393 g/mol. The van der Waals surface area contributed by atoms with E-state index in [1.54, 1.807) is 24.5 Å². The number of alkyl halides is 2. The summed E-state index contributed by atoms with van der Waals surface area (Å²) in [5.41, 5.74) is -0.0369. The lowest BCUT2D eigenvalue weighted by Gasteiger charge is -2.62. The molecule has 156 valence electrons. The number of aromatic nitrogens is 3. The molecule has 30 heavy (non-hydrogen) atoms. The molecule has 2 heterocycles. The number of hydrogen-bond donors (Lipinski definition) is 1. The molecule has 5 nitrogen and oxygen atoms in total. The van der Waals surface area contributed by atoms with E-state index >= 15 is 0 Å². The average Bonchev–Trinajstić information content (AvgIpc) is 2.62. The molecule has 3 fully saturated rings. The normalized spacial score (nSPS) is 23.2. The highest BCUT2D eigenvalue weighted by Gasteiger charge is 2.58. The second-order valence-electron chi connectivity index (χ2n) is 8.56. The van der Waals surface area contributed by atoms with Crippen LogP contribution in [0, 0.1) is 18.7 Å². The molecule has 1 atom stereocenters. The minimum atomic E-state index is -2.89. The largest absolute Gasteiger partial charge is 0.361 e. The van der Waals surface area contributed by atoms with Gasteiger partial charge in [-0.2, -0.15) is 5.10 Å². The van der Waals surface area contributed by atoms with Crippen molar-refractivity contribution in [3.8, 4) is 0 Å². The third-order valence-electron chi connectivity index (χ3n) is 6.63. The number of nitrogens with zero attached hydrogens (tertiary/aromatic N) is 3. The van der Waals surface area contributed by atoms with Crippen molar-refractivity contribution < 1.29 is 13.2 Å². The lowest BCUT2D eigenvalue weighted by molar-refractivity contribution is -0.0911. The van der Waals surface area contributed by atoms with E-state index in [0.29, 0.717) is 28.2 Å². The van der Waals surface area contributed by atoms with E-state index in [1.807, 2.05) is 6.20 Å². The molecule has 1 N–H and O–H groups in total. The fourth-order valence-corrected chi connectivity index (χ4v) is 4.81. The Morgan fingerprint density at radius 3 is 2.50 bits per heavy atom. The van der Waals surface area contributed by atoms with E-state index < -0.39 is 23.8 Å². The average molecular weight is 414 g/mol. The van der Waals surface area contributed by atoms with Crippen molar-refractivity contribution in [1.29, 1.82) is 0 Å². The third-order valence-corrected chi connectivity index (χ3v) is 6.63. The van der Waals surface area contributed by atoms with E-state index in [4.69, 9.17) is 0 Å². The maximum atomic E-state index is 14.6. The van der Waals surface area contributed by atoms with Gasteiger partial charge in [0.05, 0.1) is 17.3 Å². The Hall–Kier alpha value is -2.90. The van der Waals surface area contributed by atoms with Gasteiger partial charge in [-0.15, -0.1) is 5.10 Å². The summed E-state index contributed by atoms with van der Waals surface area (Å²) in [5, 5.41) is 12.8. The summed E-state index contributed by atoms with van der Waals surface area (Å²) in [4.78, 5) is 12.7. The topological polar surface area (TPSA) is 59.8 Å². The van der Waals surface area contributed by atoms with Crippen LogP contribution >= 0.6 is 0 Å². The van der Waals surface area contributed by atoms with Gasteiger partial charge in [0.15, 0.2) is 5.82 Å². The highest BCUT2D eigenvalue weighted by Crippen LogP contribution is 2.61. The van der Waals surface area contributed by atoms with Crippen LogP contribution < -0.4 is 10.9 Å². The first kappa shape index (κ1) is 19.1. The predicted molar refractivity (Wildman–Crippen MR) is 107 cm³/mol. The highest BCUT2D eigenvalue weighted by molar-refractivity contribution is 5.92. The van der Waals surface area contributed by atoms with Crippen LogP contribution in [0.4, 0.5) is 19.0 Å². The Kier molecular flexibility index (Phi) is 4.17. The minimum Gasteiger partial charge on any atom is -0.361 e. The van der Waals surface area contributed by atoms with Crippen LogP contribution in [0.15, 0.2) is 35.3 Å². The number of benzene rings is 1. The third kappa shape index (κ3) is 2.73. The summed E-state index contributed by atoms with van der Waals surface area (Å²) in [6, 6.07) is 4.92. The lowest BCUT2D eigenvalue weighted by atomic mass is 9.49.